The number of H-pyrrole nitrogens is 1. The van der Waals surface area contributed by atoms with Gasteiger partial charge < -0.3 is 9.38 Å². The maximum Gasteiger partial charge on any atom is 0.0710 e. The average Bonchev–Trinajstić information content (AvgIpc) is 2.92. The molecular formula is C14H10N2. The molecule has 0 bridgehead atoms. The SMILES string of the molecule is c1ccc2c(c1)[nH]c1c2ccn2cccc12. The maximum absolute atomic E-state index is 3.49. The standard InChI is InChI=1S/C14H10N2/c1-2-5-12-10(4-1)11-7-9-16-8-3-6-13(16)14(11)15-12/h1-9,15H. The number of benzene rings is 1. The first-order valence-electron chi connectivity index (χ1n) is 5.39. The Morgan fingerprint density at radius 3 is 2.75 bits per heavy atom. The highest BCUT2D eigenvalue weighted by Gasteiger charge is 2.06. The van der Waals surface area contributed by atoms with Crippen LogP contribution >= 0.6 is 0 Å². The number of aromatic nitrogens is 2. The Morgan fingerprint density at radius 1 is 0.812 bits per heavy atom. The summed E-state index contributed by atoms with van der Waals surface area (Å²) in [5, 5.41) is 2.59. The van der Waals surface area contributed by atoms with Crippen LogP contribution in [0.2, 0.25) is 0 Å². The average molecular weight is 206 g/mol. The van der Waals surface area contributed by atoms with Crippen molar-refractivity contribution >= 4 is 27.3 Å². The second-order valence-electron chi connectivity index (χ2n) is 4.08. The predicted molar refractivity (Wildman–Crippen MR) is 66.8 cm³/mol. The summed E-state index contributed by atoms with van der Waals surface area (Å²) in [5.74, 6) is 0. The summed E-state index contributed by atoms with van der Waals surface area (Å²) in [6, 6.07) is 14.8. The van der Waals surface area contributed by atoms with Crippen LogP contribution in [-0.2, 0) is 0 Å². The van der Waals surface area contributed by atoms with E-state index in [1.165, 1.54) is 27.3 Å². The van der Waals surface area contributed by atoms with Gasteiger partial charge in [-0.05, 0) is 24.3 Å². The molecular weight excluding hydrogens is 196 g/mol. The third kappa shape index (κ3) is 0.865. The Morgan fingerprint density at radius 2 is 1.75 bits per heavy atom. The van der Waals surface area contributed by atoms with E-state index >= 15 is 0 Å². The zero-order chi connectivity index (χ0) is 10.5. The molecule has 2 nitrogen and oxygen atoms in total. The molecule has 4 rings (SSSR count). The largest absolute Gasteiger partial charge is 0.353 e. The van der Waals surface area contributed by atoms with Gasteiger partial charge in [0, 0.05) is 28.7 Å². The number of nitrogens with zero attached hydrogens (tertiary/aromatic N) is 1. The van der Waals surface area contributed by atoms with Crippen molar-refractivity contribution in [2.45, 2.75) is 0 Å². The van der Waals surface area contributed by atoms with E-state index in [0.29, 0.717) is 0 Å². The smallest absolute Gasteiger partial charge is 0.0710 e. The Labute approximate surface area is 92.1 Å². The van der Waals surface area contributed by atoms with Crippen LogP contribution in [0, 0.1) is 0 Å². The first kappa shape index (κ1) is 7.99. The first-order chi connectivity index (χ1) is 7.93. The first-order valence-corrected chi connectivity index (χ1v) is 5.39. The summed E-state index contributed by atoms with van der Waals surface area (Å²) < 4.78 is 2.14. The minimum atomic E-state index is 1.20. The molecule has 0 aliphatic heterocycles. The van der Waals surface area contributed by atoms with Crippen molar-refractivity contribution < 1.29 is 0 Å². The van der Waals surface area contributed by atoms with Crippen molar-refractivity contribution in [3.8, 4) is 0 Å². The number of nitrogens with one attached hydrogen (secondary N) is 1. The number of para-hydroxylation sites is 1. The highest BCUT2D eigenvalue weighted by molar-refractivity contribution is 6.11. The lowest BCUT2D eigenvalue weighted by atomic mass is 10.2. The van der Waals surface area contributed by atoms with Gasteiger partial charge in [0.05, 0.1) is 11.0 Å². The van der Waals surface area contributed by atoms with E-state index in [1.54, 1.807) is 0 Å². The van der Waals surface area contributed by atoms with Gasteiger partial charge in [0.2, 0.25) is 0 Å². The van der Waals surface area contributed by atoms with Gasteiger partial charge in [0.1, 0.15) is 0 Å². The Hall–Kier alpha value is -2.22. The Balaban J connectivity index is 2.38. The van der Waals surface area contributed by atoms with E-state index in [0.717, 1.165) is 0 Å². The van der Waals surface area contributed by atoms with Gasteiger partial charge in [-0.3, -0.25) is 0 Å². The van der Waals surface area contributed by atoms with E-state index in [2.05, 4.69) is 64.2 Å². The van der Waals surface area contributed by atoms with Crippen LogP contribution < -0.4 is 0 Å². The summed E-state index contributed by atoms with van der Waals surface area (Å²) in [5.41, 5.74) is 3.65. The Kier molecular flexibility index (Phi) is 1.33. The van der Waals surface area contributed by atoms with Crippen LogP contribution in [0.25, 0.3) is 27.3 Å². The van der Waals surface area contributed by atoms with Crippen LogP contribution in [0.15, 0.2) is 54.9 Å². The van der Waals surface area contributed by atoms with Crippen LogP contribution in [0.5, 0.6) is 0 Å². The van der Waals surface area contributed by atoms with Gasteiger partial charge in [-0.2, -0.15) is 0 Å². The van der Waals surface area contributed by atoms with Crippen LogP contribution in [-0.4, -0.2) is 9.38 Å². The molecule has 0 aliphatic rings. The molecule has 0 aliphatic carbocycles. The second kappa shape index (κ2) is 2.67. The third-order valence-corrected chi connectivity index (χ3v) is 3.18. The fourth-order valence-electron chi connectivity index (χ4n) is 2.43. The molecule has 4 aromatic rings. The lowest BCUT2D eigenvalue weighted by molar-refractivity contribution is 1.21. The monoisotopic (exact) mass is 206 g/mol. The summed E-state index contributed by atoms with van der Waals surface area (Å²) in [6.07, 6.45) is 4.18. The molecule has 76 valence electrons. The number of hydrogen-bond acceptors (Lipinski definition) is 0. The van der Waals surface area contributed by atoms with Gasteiger partial charge in [-0.25, -0.2) is 0 Å². The number of hydrogen-bond donors (Lipinski definition) is 1. The molecule has 0 radical (unpaired) electrons. The van der Waals surface area contributed by atoms with Gasteiger partial charge in [0.15, 0.2) is 0 Å². The number of pyridine rings is 1. The molecule has 0 unspecified atom stereocenters. The van der Waals surface area contributed by atoms with E-state index in [-0.39, 0.29) is 0 Å². The van der Waals surface area contributed by atoms with Crippen molar-refractivity contribution in [3.05, 3.63) is 54.9 Å². The molecule has 16 heavy (non-hydrogen) atoms. The lowest BCUT2D eigenvalue weighted by Crippen LogP contribution is -1.80. The zero-order valence-electron chi connectivity index (χ0n) is 8.64. The normalized spacial score (nSPS) is 11.8. The Bertz CT molecular complexity index is 805. The summed E-state index contributed by atoms with van der Waals surface area (Å²) >= 11 is 0. The van der Waals surface area contributed by atoms with Gasteiger partial charge in [0.25, 0.3) is 0 Å². The molecule has 1 N–H and O–H groups in total. The topological polar surface area (TPSA) is 20.2 Å². The maximum atomic E-state index is 3.49. The summed E-state index contributed by atoms with van der Waals surface area (Å²) in [4.78, 5) is 3.49. The minimum absolute atomic E-state index is 1.20. The molecule has 0 saturated heterocycles. The quantitative estimate of drug-likeness (QED) is 0.454. The molecule has 3 heterocycles. The molecule has 0 atom stereocenters. The van der Waals surface area contributed by atoms with Crippen molar-refractivity contribution in [1.29, 1.82) is 0 Å². The third-order valence-electron chi connectivity index (χ3n) is 3.18. The van der Waals surface area contributed by atoms with Gasteiger partial charge >= 0.3 is 0 Å². The lowest BCUT2D eigenvalue weighted by Gasteiger charge is -1.95. The van der Waals surface area contributed by atoms with Crippen LogP contribution in [0.1, 0.15) is 0 Å². The summed E-state index contributed by atoms with van der Waals surface area (Å²) in [6.45, 7) is 0. The molecule has 1 aromatic carbocycles. The van der Waals surface area contributed by atoms with E-state index < -0.39 is 0 Å². The molecule has 0 fully saturated rings. The molecule has 3 aromatic heterocycles. The fraction of sp³-hybridized carbons (Fsp3) is 0. The van der Waals surface area contributed by atoms with E-state index in [9.17, 15) is 0 Å². The number of aromatic amines is 1. The van der Waals surface area contributed by atoms with Gasteiger partial charge in [-0.1, -0.05) is 18.2 Å². The van der Waals surface area contributed by atoms with Crippen molar-refractivity contribution in [2.75, 3.05) is 0 Å². The van der Waals surface area contributed by atoms with E-state index in [4.69, 9.17) is 0 Å². The number of rotatable bonds is 0. The zero-order valence-corrected chi connectivity index (χ0v) is 8.64. The van der Waals surface area contributed by atoms with E-state index in [1.807, 2.05) is 0 Å². The molecule has 0 spiro atoms. The highest BCUT2D eigenvalue weighted by Crippen LogP contribution is 2.27. The second-order valence-corrected chi connectivity index (χ2v) is 4.08. The minimum Gasteiger partial charge on any atom is -0.353 e. The molecule has 0 amide bonds. The van der Waals surface area contributed by atoms with Crippen LogP contribution in [0.3, 0.4) is 0 Å². The number of fused-ring (bicyclic) bond motifs is 5. The molecule has 2 heteroatoms. The van der Waals surface area contributed by atoms with Crippen LogP contribution in [0.4, 0.5) is 0 Å². The van der Waals surface area contributed by atoms with Crippen molar-refractivity contribution in [3.63, 3.8) is 0 Å². The molecule has 0 saturated carbocycles. The summed E-state index contributed by atoms with van der Waals surface area (Å²) in [7, 11) is 0. The predicted octanol–water partition coefficient (Wildman–Crippen LogP) is 3.57. The van der Waals surface area contributed by atoms with Crippen molar-refractivity contribution in [2.24, 2.45) is 0 Å². The fourth-order valence-corrected chi connectivity index (χ4v) is 2.43. The van der Waals surface area contributed by atoms with Gasteiger partial charge in [-0.15, -0.1) is 0 Å². The highest BCUT2D eigenvalue weighted by atomic mass is 14.9. The van der Waals surface area contributed by atoms with Crippen molar-refractivity contribution in [1.82, 2.24) is 9.38 Å².